The number of halogens is 1. The van der Waals surface area contributed by atoms with E-state index in [2.05, 4.69) is 51.2 Å². The lowest BCUT2D eigenvalue weighted by molar-refractivity contribution is -0.161. The number of ether oxygens (including phenoxy) is 1. The summed E-state index contributed by atoms with van der Waals surface area (Å²) in [6.45, 7) is 1.04. The first kappa shape index (κ1) is 54.1. The van der Waals surface area contributed by atoms with Crippen molar-refractivity contribution in [2.75, 3.05) is 34.2 Å². The van der Waals surface area contributed by atoms with E-state index in [9.17, 15) is 4.79 Å². The number of nitrogens with one attached hydrogen (secondary N) is 2. The molecular formula is C59H79AlClN5O6. The summed E-state index contributed by atoms with van der Waals surface area (Å²) in [6, 6.07) is 23.1. The fraction of sp³-hybridized carbons (Fsp3) is 0.610. The van der Waals surface area contributed by atoms with E-state index < -0.39 is 47.6 Å². The van der Waals surface area contributed by atoms with Gasteiger partial charge in [-0.05, 0) is 107 Å². The zero-order valence-electron chi connectivity index (χ0n) is 43.3. The normalized spacial score (nSPS) is 23.5. The molecule has 2 N–H and O–H groups in total. The van der Waals surface area contributed by atoms with Crippen LogP contribution in [0.1, 0.15) is 163 Å². The molecule has 0 bridgehead atoms. The summed E-state index contributed by atoms with van der Waals surface area (Å²) in [5.41, 5.74) is 0.636. The highest BCUT2D eigenvalue weighted by Crippen LogP contribution is 2.50. The summed E-state index contributed by atoms with van der Waals surface area (Å²) >= 11 is 9.79. The molecule has 0 spiro atoms. The Labute approximate surface area is 442 Å². The molecule has 0 aromatic heterocycles. The molecule has 386 valence electrons. The van der Waals surface area contributed by atoms with Crippen molar-refractivity contribution in [3.63, 3.8) is 0 Å². The number of amides is 4. The van der Waals surface area contributed by atoms with Gasteiger partial charge in [0.1, 0.15) is 33.9 Å². The molecule has 5 aliphatic rings. The number of likely N-dealkylation sites (tertiary alicyclic amines) is 1. The third kappa shape index (κ3) is 12.1. The van der Waals surface area contributed by atoms with Crippen molar-refractivity contribution < 1.29 is 28.7 Å². The van der Waals surface area contributed by atoms with Crippen LogP contribution in [0, 0.1) is 17.8 Å². The molecule has 3 aromatic carbocycles. The molecule has 72 heavy (non-hydrogen) atoms. The Bertz CT molecular complexity index is 2310. The van der Waals surface area contributed by atoms with Gasteiger partial charge in [-0.25, -0.2) is 0 Å². The maximum absolute atomic E-state index is 15.6. The molecule has 7 atom stereocenters. The van der Waals surface area contributed by atoms with E-state index in [0.717, 1.165) is 88.0 Å². The van der Waals surface area contributed by atoms with Gasteiger partial charge in [0.05, 0.1) is 12.5 Å². The summed E-state index contributed by atoms with van der Waals surface area (Å²) < 4.78 is 7.03. The van der Waals surface area contributed by atoms with Crippen LogP contribution in [-0.2, 0) is 34.3 Å². The Balaban J connectivity index is 1.14. The van der Waals surface area contributed by atoms with Gasteiger partial charge >= 0.3 is 5.97 Å². The fourth-order valence-corrected chi connectivity index (χ4v) is 13.8. The van der Waals surface area contributed by atoms with E-state index in [1.54, 1.807) is 30.9 Å². The van der Waals surface area contributed by atoms with Gasteiger partial charge in [-0.2, -0.15) is 0 Å². The lowest BCUT2D eigenvalue weighted by atomic mass is 9.78. The number of piperidine rings is 1. The van der Waals surface area contributed by atoms with Crippen molar-refractivity contribution in [1.82, 2.24) is 25.3 Å². The molecule has 13 heteroatoms. The smallest absolute Gasteiger partial charge is 0.310 e. The van der Waals surface area contributed by atoms with Gasteiger partial charge in [-0.3, -0.25) is 24.0 Å². The monoisotopic (exact) mass is 1020 g/mol. The third-order valence-electron chi connectivity index (χ3n) is 17.4. The van der Waals surface area contributed by atoms with Crippen LogP contribution in [0.25, 0.3) is 0 Å². The van der Waals surface area contributed by atoms with Crippen molar-refractivity contribution in [3.05, 3.63) is 106 Å². The van der Waals surface area contributed by atoms with Crippen LogP contribution in [0.2, 0.25) is 10.3 Å². The maximum Gasteiger partial charge on any atom is 0.310 e. The standard InChI is InChI=1S/C59H79ClN5O6.Al/c1-41(61-2)54(67)62-58(34-18-19-35-58)57(70)64(4)53(43-22-12-7-13-23-43)56(69)63(3)51(55(68)65-36-20-9-21-37-65)40-52(66)71-59(47-26-14-8-15-27-47,49-28-16-17-29-50(49)60)48-32-30-42(31-33-48)44-24-10-5-6-11-25-45-39-46(45)38-44;/h8,14-17,26-33,41,43-46,51,53,61H,1,5-7,9-13,18-25,34-40H2,2-4H3,(H,62,67);/t41-,44?,45-,46?,51-,53-,59?;/m0./s1. The van der Waals surface area contributed by atoms with E-state index in [4.69, 9.17) is 16.3 Å². The Kier molecular flexibility index (Phi) is 18.7. The first-order valence-electron chi connectivity index (χ1n) is 27.6. The molecule has 4 amide bonds. The number of hydrogen-bond acceptors (Lipinski definition) is 7. The highest BCUT2D eigenvalue weighted by molar-refractivity contribution is 6.31. The molecule has 2 radical (unpaired) electrons. The second-order valence-corrected chi connectivity index (χ2v) is 22.9. The highest BCUT2D eigenvalue weighted by Gasteiger charge is 2.50. The summed E-state index contributed by atoms with van der Waals surface area (Å²) in [4.78, 5) is 79.5. The molecule has 11 nitrogen and oxygen atoms in total. The van der Waals surface area contributed by atoms with Crippen molar-refractivity contribution in [2.24, 2.45) is 17.8 Å². The predicted octanol–water partition coefficient (Wildman–Crippen LogP) is 9.88. The second-order valence-electron chi connectivity index (χ2n) is 22.0. The second kappa shape index (κ2) is 24.9. The van der Waals surface area contributed by atoms with Crippen LogP contribution in [0.5, 0.6) is 0 Å². The zero-order chi connectivity index (χ0) is 50.8. The molecule has 4 saturated carbocycles. The molecule has 1 heterocycles. The molecule has 3 unspecified atom stereocenters. The average Bonchev–Trinajstić information content (AvgIpc) is 3.99. The number of hydrogen-bond donors (Lipinski definition) is 2. The number of rotatable bonds is 17. The van der Waals surface area contributed by atoms with E-state index >= 15 is 19.2 Å². The molecule has 8 rings (SSSR count). The SMILES string of the molecule is CN[C@@H]([CH2][Al])C(=O)NC1(C(=O)N(C)[C@H](C(=O)N(C)[C@@H](CC(=O)OC(c2ccccc2)(c2ccc(C3CCCCCC[C@H]4CC4C3)cc2)c2ccccc2Cl)C(=O)N2CCCCC2)C2CCCCC2)CCCC1. The highest BCUT2D eigenvalue weighted by atomic mass is 35.5. The lowest BCUT2D eigenvalue weighted by Gasteiger charge is -2.43. The van der Waals surface area contributed by atoms with E-state index in [1.807, 2.05) is 54.6 Å². The molecule has 3 aromatic rings. The van der Waals surface area contributed by atoms with Crippen LogP contribution in [0.15, 0.2) is 78.9 Å². The first-order chi connectivity index (χ1) is 34.9. The Hall–Kier alpha value is -4.21. The van der Waals surface area contributed by atoms with Crippen LogP contribution >= 0.6 is 11.6 Å². The van der Waals surface area contributed by atoms with Crippen LogP contribution in [-0.4, -0.2) is 118 Å². The van der Waals surface area contributed by atoms with Gasteiger partial charge in [-0.1, -0.05) is 154 Å². The van der Waals surface area contributed by atoms with Gasteiger partial charge in [-0.15, -0.1) is 0 Å². The number of fused-ring (bicyclic) bond motifs is 1. The van der Waals surface area contributed by atoms with Crippen molar-refractivity contribution in [2.45, 2.75) is 175 Å². The molecule has 4 aliphatic carbocycles. The fourth-order valence-electron chi connectivity index (χ4n) is 13.0. The summed E-state index contributed by atoms with van der Waals surface area (Å²) in [5, 5.41) is 7.10. The minimum atomic E-state index is -1.52. The average molecular weight is 1020 g/mol. The zero-order valence-corrected chi connectivity index (χ0v) is 45.2. The summed E-state index contributed by atoms with van der Waals surface area (Å²) in [6.07, 6.45) is 19.2. The summed E-state index contributed by atoms with van der Waals surface area (Å²) in [5.74, 6) is 0.00330. The minimum absolute atomic E-state index is 0.178. The van der Waals surface area contributed by atoms with Crippen LogP contribution in [0.3, 0.4) is 0 Å². The maximum atomic E-state index is 15.6. The Morgan fingerprint density at radius 1 is 0.736 bits per heavy atom. The van der Waals surface area contributed by atoms with Gasteiger partial charge in [0.15, 0.2) is 5.60 Å². The van der Waals surface area contributed by atoms with Gasteiger partial charge in [0, 0.05) is 48.9 Å². The van der Waals surface area contributed by atoms with E-state index in [-0.39, 0.29) is 23.6 Å². The quantitative estimate of drug-likeness (QED) is 0.0783. The lowest BCUT2D eigenvalue weighted by Crippen LogP contribution is -2.65. The Morgan fingerprint density at radius 2 is 1.35 bits per heavy atom. The molecule has 1 aliphatic heterocycles. The number of likely N-dealkylation sites (N-methyl/N-ethyl adjacent to an activating group) is 3. The number of carbonyl (C=O) groups excluding carboxylic acids is 5. The molecule has 1 saturated heterocycles. The topological polar surface area (TPSA) is 128 Å². The number of esters is 1. The number of carbonyl (C=O) groups is 5. The predicted molar refractivity (Wildman–Crippen MR) is 284 cm³/mol. The van der Waals surface area contributed by atoms with Gasteiger partial charge in [0.25, 0.3) is 0 Å². The summed E-state index contributed by atoms with van der Waals surface area (Å²) in [7, 11) is 5.03. The van der Waals surface area contributed by atoms with Crippen molar-refractivity contribution >= 4 is 57.5 Å². The molecule has 5 fully saturated rings. The van der Waals surface area contributed by atoms with Crippen LogP contribution in [0.4, 0.5) is 0 Å². The van der Waals surface area contributed by atoms with Crippen LogP contribution < -0.4 is 10.6 Å². The van der Waals surface area contributed by atoms with E-state index in [0.29, 0.717) is 53.3 Å². The third-order valence-corrected chi connectivity index (χ3v) is 18.2. The van der Waals surface area contributed by atoms with E-state index in [1.165, 1.54) is 55.4 Å². The largest absolute Gasteiger partial charge is 0.444 e. The number of benzene rings is 3. The number of nitrogens with zero attached hydrogens (tertiary/aromatic N) is 3. The van der Waals surface area contributed by atoms with Gasteiger partial charge in [0.2, 0.25) is 23.6 Å². The van der Waals surface area contributed by atoms with Gasteiger partial charge < -0.3 is 30.1 Å². The minimum Gasteiger partial charge on any atom is -0.444 e. The van der Waals surface area contributed by atoms with Crippen molar-refractivity contribution in [3.8, 4) is 0 Å². The molecular weight excluding hydrogens is 937 g/mol. The first-order valence-corrected chi connectivity index (χ1v) is 28.7. The Morgan fingerprint density at radius 3 is 2.01 bits per heavy atom. The van der Waals surface area contributed by atoms with Crippen molar-refractivity contribution in [1.29, 1.82) is 0 Å².